The van der Waals surface area contributed by atoms with Crippen molar-refractivity contribution in [3.8, 4) is 11.4 Å². The molecule has 0 fully saturated rings. The number of anilines is 1. The van der Waals surface area contributed by atoms with Gasteiger partial charge in [-0.3, -0.25) is 9.78 Å². The van der Waals surface area contributed by atoms with Crippen LogP contribution in [0.3, 0.4) is 0 Å². The summed E-state index contributed by atoms with van der Waals surface area (Å²) in [6, 6.07) is 12.9. The first-order chi connectivity index (χ1) is 14.1. The molecule has 2 aromatic heterocycles. The molecule has 0 bridgehead atoms. The normalized spacial score (nSPS) is 10.4. The molecule has 0 radical (unpaired) electrons. The first-order valence-corrected chi connectivity index (χ1v) is 9.14. The molecule has 8 nitrogen and oxygen atoms in total. The quantitative estimate of drug-likeness (QED) is 0.608. The molecule has 8 heteroatoms. The summed E-state index contributed by atoms with van der Waals surface area (Å²) in [4.78, 5) is 38.3. The van der Waals surface area contributed by atoms with Crippen molar-refractivity contribution in [2.75, 3.05) is 18.4 Å². The van der Waals surface area contributed by atoms with Crippen molar-refractivity contribution in [1.82, 2.24) is 19.9 Å². The fraction of sp³-hybridized carbons (Fsp3) is 0.190. The van der Waals surface area contributed by atoms with E-state index in [4.69, 9.17) is 0 Å². The first-order valence-electron chi connectivity index (χ1n) is 9.14. The summed E-state index contributed by atoms with van der Waals surface area (Å²) < 4.78 is 0. The van der Waals surface area contributed by atoms with Gasteiger partial charge in [-0.1, -0.05) is 36.4 Å². The number of rotatable bonds is 8. The molecule has 2 N–H and O–H groups in total. The molecule has 0 aliphatic rings. The largest absolute Gasteiger partial charge is 0.477 e. The highest BCUT2D eigenvalue weighted by Crippen LogP contribution is 2.19. The lowest BCUT2D eigenvalue weighted by Crippen LogP contribution is -2.35. The molecule has 1 aromatic carbocycles. The number of aromatic nitrogens is 3. The Morgan fingerprint density at radius 2 is 1.90 bits per heavy atom. The standard InChI is InChI=1S/C21H21N5O3/c1-2-26(14-15-7-6-10-22-11-15)18(27)13-24-20-17(21(28)29)12-23-19(25-20)16-8-4-3-5-9-16/h3-12H,2,13-14H2,1H3,(H,28,29)(H,23,24,25). The SMILES string of the molecule is CCN(Cc1cccnc1)C(=O)CNc1nc(-c2ccccc2)ncc1C(=O)O. The van der Waals surface area contributed by atoms with Gasteiger partial charge in [-0.2, -0.15) is 0 Å². The van der Waals surface area contributed by atoms with Crippen LogP contribution in [0, 0.1) is 0 Å². The Morgan fingerprint density at radius 3 is 2.55 bits per heavy atom. The van der Waals surface area contributed by atoms with Crippen molar-refractivity contribution in [1.29, 1.82) is 0 Å². The van der Waals surface area contributed by atoms with Gasteiger partial charge in [0.15, 0.2) is 5.82 Å². The molecule has 3 rings (SSSR count). The number of benzene rings is 1. The average Bonchev–Trinajstić information content (AvgIpc) is 2.76. The number of hydrogen-bond acceptors (Lipinski definition) is 6. The van der Waals surface area contributed by atoms with Crippen molar-refractivity contribution in [2.24, 2.45) is 0 Å². The van der Waals surface area contributed by atoms with Gasteiger partial charge in [-0.15, -0.1) is 0 Å². The number of carbonyl (C=O) groups is 2. The highest BCUT2D eigenvalue weighted by atomic mass is 16.4. The minimum atomic E-state index is -1.16. The van der Waals surface area contributed by atoms with E-state index in [1.807, 2.05) is 49.4 Å². The summed E-state index contributed by atoms with van der Waals surface area (Å²) in [6.07, 6.45) is 4.64. The fourth-order valence-electron chi connectivity index (χ4n) is 2.76. The van der Waals surface area contributed by atoms with Crippen LogP contribution in [-0.4, -0.2) is 49.9 Å². The van der Waals surface area contributed by atoms with Crippen LogP contribution in [0.1, 0.15) is 22.8 Å². The fourth-order valence-corrected chi connectivity index (χ4v) is 2.76. The number of likely N-dealkylation sites (N-methyl/N-ethyl adjacent to an activating group) is 1. The Morgan fingerprint density at radius 1 is 1.10 bits per heavy atom. The van der Waals surface area contributed by atoms with Gasteiger partial charge in [0.2, 0.25) is 5.91 Å². The van der Waals surface area contributed by atoms with Crippen LogP contribution in [-0.2, 0) is 11.3 Å². The molecule has 0 aliphatic heterocycles. The van der Waals surface area contributed by atoms with E-state index in [0.29, 0.717) is 18.9 Å². The van der Waals surface area contributed by atoms with Gasteiger partial charge in [0.25, 0.3) is 0 Å². The summed E-state index contributed by atoms with van der Waals surface area (Å²) in [5, 5.41) is 12.3. The Labute approximate surface area is 168 Å². The highest BCUT2D eigenvalue weighted by Gasteiger charge is 2.17. The van der Waals surface area contributed by atoms with Gasteiger partial charge in [0.1, 0.15) is 11.4 Å². The zero-order chi connectivity index (χ0) is 20.6. The van der Waals surface area contributed by atoms with E-state index in [0.717, 1.165) is 11.1 Å². The topological polar surface area (TPSA) is 108 Å². The van der Waals surface area contributed by atoms with E-state index >= 15 is 0 Å². The number of nitrogens with zero attached hydrogens (tertiary/aromatic N) is 4. The zero-order valence-corrected chi connectivity index (χ0v) is 15.9. The van der Waals surface area contributed by atoms with Crippen LogP contribution in [0.15, 0.2) is 61.1 Å². The van der Waals surface area contributed by atoms with Crippen molar-refractivity contribution in [3.63, 3.8) is 0 Å². The van der Waals surface area contributed by atoms with Gasteiger partial charge in [-0.25, -0.2) is 14.8 Å². The number of nitrogens with one attached hydrogen (secondary N) is 1. The lowest BCUT2D eigenvalue weighted by molar-refractivity contribution is -0.129. The predicted octanol–water partition coefficient (Wildman–Crippen LogP) is 2.70. The molecule has 29 heavy (non-hydrogen) atoms. The van der Waals surface area contributed by atoms with Crippen LogP contribution >= 0.6 is 0 Å². The molecule has 148 valence electrons. The number of aromatic carboxylic acids is 1. The molecular weight excluding hydrogens is 370 g/mol. The monoisotopic (exact) mass is 391 g/mol. The smallest absolute Gasteiger partial charge is 0.341 e. The lowest BCUT2D eigenvalue weighted by atomic mass is 10.2. The third-order valence-corrected chi connectivity index (χ3v) is 4.29. The summed E-state index contributed by atoms with van der Waals surface area (Å²) in [5.74, 6) is -0.847. The number of pyridine rings is 1. The maximum atomic E-state index is 12.6. The Kier molecular flexibility index (Phi) is 6.47. The molecule has 0 saturated carbocycles. The molecule has 0 saturated heterocycles. The molecule has 2 heterocycles. The van der Waals surface area contributed by atoms with Crippen molar-refractivity contribution >= 4 is 17.7 Å². The number of amides is 1. The minimum Gasteiger partial charge on any atom is -0.477 e. The van der Waals surface area contributed by atoms with Crippen LogP contribution in [0.25, 0.3) is 11.4 Å². The van der Waals surface area contributed by atoms with Gasteiger partial charge >= 0.3 is 5.97 Å². The third-order valence-electron chi connectivity index (χ3n) is 4.29. The molecule has 0 atom stereocenters. The molecule has 3 aromatic rings. The summed E-state index contributed by atoms with van der Waals surface area (Å²) in [5.41, 5.74) is 1.58. The van der Waals surface area contributed by atoms with E-state index in [9.17, 15) is 14.7 Å². The lowest BCUT2D eigenvalue weighted by Gasteiger charge is -2.21. The number of hydrogen-bond donors (Lipinski definition) is 2. The Hall–Kier alpha value is -3.81. The minimum absolute atomic E-state index is 0.0837. The highest BCUT2D eigenvalue weighted by molar-refractivity contribution is 5.94. The second kappa shape index (κ2) is 9.41. The molecular formula is C21H21N5O3. The average molecular weight is 391 g/mol. The van der Waals surface area contributed by atoms with E-state index in [-0.39, 0.29) is 23.8 Å². The number of carboxylic acid groups (broad SMARTS) is 1. The van der Waals surface area contributed by atoms with Gasteiger partial charge in [-0.05, 0) is 18.6 Å². The second-order valence-electron chi connectivity index (χ2n) is 6.25. The van der Waals surface area contributed by atoms with Crippen LogP contribution < -0.4 is 5.32 Å². The number of carboxylic acids is 1. The maximum absolute atomic E-state index is 12.6. The van der Waals surface area contributed by atoms with Gasteiger partial charge < -0.3 is 15.3 Å². The van der Waals surface area contributed by atoms with Crippen LogP contribution in [0.4, 0.5) is 5.82 Å². The predicted molar refractivity (Wildman–Crippen MR) is 108 cm³/mol. The van der Waals surface area contributed by atoms with Crippen LogP contribution in [0.5, 0.6) is 0 Å². The molecule has 0 spiro atoms. The van der Waals surface area contributed by atoms with Crippen molar-refractivity contribution in [3.05, 3.63) is 72.2 Å². The van der Waals surface area contributed by atoms with Gasteiger partial charge in [0.05, 0.1) is 6.54 Å². The summed E-state index contributed by atoms with van der Waals surface area (Å²) >= 11 is 0. The van der Waals surface area contributed by atoms with E-state index in [1.165, 1.54) is 6.20 Å². The molecule has 1 amide bonds. The second-order valence-corrected chi connectivity index (χ2v) is 6.25. The maximum Gasteiger partial charge on any atom is 0.341 e. The zero-order valence-electron chi connectivity index (χ0n) is 15.9. The van der Waals surface area contributed by atoms with E-state index in [1.54, 1.807) is 17.3 Å². The van der Waals surface area contributed by atoms with Gasteiger partial charge in [0, 0.05) is 37.2 Å². The number of carbonyl (C=O) groups excluding carboxylic acids is 1. The van der Waals surface area contributed by atoms with Crippen molar-refractivity contribution in [2.45, 2.75) is 13.5 Å². The summed E-state index contributed by atoms with van der Waals surface area (Å²) in [7, 11) is 0. The van der Waals surface area contributed by atoms with E-state index < -0.39 is 5.97 Å². The van der Waals surface area contributed by atoms with Crippen LogP contribution in [0.2, 0.25) is 0 Å². The molecule has 0 aliphatic carbocycles. The first kappa shape index (κ1) is 19.9. The Bertz CT molecular complexity index is 980. The summed E-state index contributed by atoms with van der Waals surface area (Å²) in [6.45, 7) is 2.74. The molecule has 0 unspecified atom stereocenters. The van der Waals surface area contributed by atoms with E-state index in [2.05, 4.69) is 20.3 Å². The van der Waals surface area contributed by atoms with Crippen molar-refractivity contribution < 1.29 is 14.7 Å². The third kappa shape index (κ3) is 5.13. The Balaban J connectivity index is 1.75.